The Bertz CT molecular complexity index is 1600. The summed E-state index contributed by atoms with van der Waals surface area (Å²) in [5, 5.41) is 1.19. The number of halogens is 2. The summed E-state index contributed by atoms with van der Waals surface area (Å²) in [6.07, 6.45) is 4.16. The van der Waals surface area contributed by atoms with Gasteiger partial charge in [-0.15, -0.1) is 0 Å². The molecule has 0 saturated heterocycles. The van der Waals surface area contributed by atoms with Crippen LogP contribution in [0.25, 0.3) is 22.4 Å². The Hall–Kier alpha value is -4.13. The first-order chi connectivity index (χ1) is 18.9. The Morgan fingerprint density at radius 2 is 1.64 bits per heavy atom. The Morgan fingerprint density at radius 3 is 2.26 bits per heavy atom. The molecule has 39 heavy (non-hydrogen) atoms. The second-order valence-corrected chi connectivity index (χ2v) is 9.67. The van der Waals surface area contributed by atoms with Crippen LogP contribution < -0.4 is 4.74 Å². The second kappa shape index (κ2) is 11.7. The van der Waals surface area contributed by atoms with E-state index in [-0.39, 0.29) is 0 Å². The van der Waals surface area contributed by atoms with Crippen LogP contribution in [0.3, 0.4) is 0 Å². The molecule has 0 radical (unpaired) electrons. The second-order valence-electron chi connectivity index (χ2n) is 8.83. The fraction of sp³-hybridized carbons (Fsp3) is 0.129. The van der Waals surface area contributed by atoms with Gasteiger partial charge in [0.05, 0.1) is 23.4 Å². The zero-order valence-electron chi connectivity index (χ0n) is 21.4. The van der Waals surface area contributed by atoms with E-state index in [9.17, 15) is 4.79 Å². The van der Waals surface area contributed by atoms with Crippen LogP contribution in [-0.4, -0.2) is 27.6 Å². The lowest BCUT2D eigenvalue weighted by atomic mass is 10.0. The van der Waals surface area contributed by atoms with Gasteiger partial charge in [0, 0.05) is 42.0 Å². The maximum absolute atomic E-state index is 11.6. The standard InChI is InChI=1S/C31H25Cl2N3O3/c1-3-36-19-28(26-14-11-24(32)17-27(26)33)35-29(36)16-20-4-6-21(7-5-20)22-8-12-25(13-9-22)39-30-15-10-23(18-34-30)31(37)38-2/h4-15,17-19H,3,16H2,1-2H3. The SMILES string of the molecule is CCn1cc(-c2ccc(Cl)cc2Cl)nc1Cc1ccc(-c2ccc(Oc3ccc(C(=O)OC)cn3)cc2)cc1. The summed E-state index contributed by atoms with van der Waals surface area (Å²) in [7, 11) is 1.33. The largest absolute Gasteiger partial charge is 0.465 e. The third-order valence-electron chi connectivity index (χ3n) is 6.29. The van der Waals surface area contributed by atoms with Gasteiger partial charge >= 0.3 is 5.97 Å². The number of methoxy groups -OCH3 is 1. The molecule has 0 aliphatic rings. The molecule has 3 aromatic carbocycles. The molecule has 5 aromatic rings. The van der Waals surface area contributed by atoms with Crippen molar-refractivity contribution in [3.05, 3.63) is 118 Å². The molecule has 8 heteroatoms. The number of hydrogen-bond acceptors (Lipinski definition) is 5. The van der Waals surface area contributed by atoms with Crippen molar-refractivity contribution < 1.29 is 14.3 Å². The van der Waals surface area contributed by atoms with Gasteiger partial charge in [-0.1, -0.05) is 59.6 Å². The lowest BCUT2D eigenvalue weighted by Crippen LogP contribution is -2.01. The third-order valence-corrected chi connectivity index (χ3v) is 6.84. The van der Waals surface area contributed by atoms with Gasteiger partial charge < -0.3 is 14.0 Å². The number of benzene rings is 3. The Morgan fingerprint density at radius 1 is 0.923 bits per heavy atom. The van der Waals surface area contributed by atoms with E-state index in [2.05, 4.69) is 45.5 Å². The molecule has 0 unspecified atom stereocenters. The van der Waals surface area contributed by atoms with E-state index in [1.807, 2.05) is 42.6 Å². The number of pyridine rings is 1. The normalized spacial score (nSPS) is 10.9. The van der Waals surface area contributed by atoms with Gasteiger partial charge in [0.25, 0.3) is 0 Å². The number of carbonyl (C=O) groups is 1. The number of carbonyl (C=O) groups excluding carboxylic acids is 1. The summed E-state index contributed by atoms with van der Waals surface area (Å²) in [5.41, 5.74) is 5.40. The van der Waals surface area contributed by atoms with Crippen LogP contribution in [0.15, 0.2) is 91.3 Å². The topological polar surface area (TPSA) is 66.2 Å². The number of hydrogen-bond donors (Lipinski definition) is 0. The van der Waals surface area contributed by atoms with Gasteiger partial charge in [0.15, 0.2) is 0 Å². The summed E-state index contributed by atoms with van der Waals surface area (Å²) in [4.78, 5) is 20.6. The molecule has 0 N–H and O–H groups in total. The molecule has 0 atom stereocenters. The number of imidazole rings is 1. The van der Waals surface area contributed by atoms with Crippen molar-refractivity contribution in [3.8, 4) is 34.0 Å². The summed E-state index contributed by atoms with van der Waals surface area (Å²) >= 11 is 12.5. The lowest BCUT2D eigenvalue weighted by molar-refractivity contribution is 0.0600. The fourth-order valence-electron chi connectivity index (χ4n) is 4.21. The molecule has 2 aromatic heterocycles. The number of ether oxygens (including phenoxy) is 2. The van der Waals surface area contributed by atoms with Gasteiger partial charge in [-0.05, 0) is 60.0 Å². The zero-order chi connectivity index (χ0) is 27.4. The first-order valence-corrected chi connectivity index (χ1v) is 13.1. The predicted octanol–water partition coefficient (Wildman–Crippen LogP) is 8.11. The van der Waals surface area contributed by atoms with Crippen LogP contribution in [0.2, 0.25) is 10.0 Å². The highest BCUT2D eigenvalue weighted by Crippen LogP contribution is 2.31. The molecule has 6 nitrogen and oxygen atoms in total. The lowest BCUT2D eigenvalue weighted by Gasteiger charge is -2.08. The summed E-state index contributed by atoms with van der Waals surface area (Å²) in [6.45, 7) is 2.91. The molecular weight excluding hydrogens is 533 g/mol. The molecule has 5 rings (SSSR count). The van der Waals surface area contributed by atoms with Crippen molar-refractivity contribution in [2.24, 2.45) is 0 Å². The van der Waals surface area contributed by atoms with Gasteiger partial charge in [-0.25, -0.2) is 14.8 Å². The van der Waals surface area contributed by atoms with Crippen molar-refractivity contribution >= 4 is 29.2 Å². The molecule has 196 valence electrons. The molecule has 2 heterocycles. The summed E-state index contributed by atoms with van der Waals surface area (Å²) < 4.78 is 12.6. The summed E-state index contributed by atoms with van der Waals surface area (Å²) in [5.74, 6) is 1.58. The average Bonchev–Trinajstić information content (AvgIpc) is 3.36. The first kappa shape index (κ1) is 26.5. The number of nitrogens with zero attached hydrogens (tertiary/aromatic N) is 3. The molecule has 0 fully saturated rings. The van der Waals surface area contributed by atoms with Gasteiger partial charge in [0.1, 0.15) is 11.6 Å². The highest BCUT2D eigenvalue weighted by Gasteiger charge is 2.13. The van der Waals surface area contributed by atoms with Crippen molar-refractivity contribution in [2.75, 3.05) is 7.11 Å². The Balaban J connectivity index is 1.26. The smallest absolute Gasteiger partial charge is 0.339 e. The van der Waals surface area contributed by atoms with Crippen LogP contribution in [0.5, 0.6) is 11.6 Å². The minimum absolute atomic E-state index is 0.369. The van der Waals surface area contributed by atoms with Crippen molar-refractivity contribution in [1.29, 1.82) is 0 Å². The fourth-order valence-corrected chi connectivity index (χ4v) is 4.71. The highest BCUT2D eigenvalue weighted by molar-refractivity contribution is 6.36. The number of esters is 1. The zero-order valence-corrected chi connectivity index (χ0v) is 22.9. The van der Waals surface area contributed by atoms with E-state index in [4.69, 9.17) is 32.9 Å². The monoisotopic (exact) mass is 557 g/mol. The van der Waals surface area contributed by atoms with Gasteiger partial charge in [-0.3, -0.25) is 0 Å². The van der Waals surface area contributed by atoms with Crippen molar-refractivity contribution in [2.45, 2.75) is 19.9 Å². The molecular formula is C31H25Cl2N3O3. The predicted molar refractivity (Wildman–Crippen MR) is 154 cm³/mol. The van der Waals surface area contributed by atoms with Crippen LogP contribution >= 0.6 is 23.2 Å². The van der Waals surface area contributed by atoms with Crippen LogP contribution in [0.1, 0.15) is 28.7 Å². The summed E-state index contributed by atoms with van der Waals surface area (Å²) in [6, 6.07) is 24.9. The number of rotatable bonds is 8. The van der Waals surface area contributed by atoms with Crippen LogP contribution in [-0.2, 0) is 17.7 Å². The third kappa shape index (κ3) is 6.14. The first-order valence-electron chi connectivity index (χ1n) is 12.4. The Kier molecular flexibility index (Phi) is 7.96. The number of aromatic nitrogens is 3. The molecule has 0 saturated carbocycles. The van der Waals surface area contributed by atoms with E-state index in [1.165, 1.54) is 13.3 Å². The van der Waals surface area contributed by atoms with Gasteiger partial charge in [0.2, 0.25) is 5.88 Å². The number of aryl methyl sites for hydroxylation is 1. The Labute approximate surface area is 236 Å². The minimum atomic E-state index is -0.437. The van der Waals surface area contributed by atoms with Gasteiger partial charge in [-0.2, -0.15) is 0 Å². The van der Waals surface area contributed by atoms with E-state index < -0.39 is 5.97 Å². The quantitative estimate of drug-likeness (QED) is 0.180. The van der Waals surface area contributed by atoms with E-state index in [1.54, 1.807) is 18.2 Å². The molecule has 0 aliphatic carbocycles. The van der Waals surface area contributed by atoms with Crippen LogP contribution in [0.4, 0.5) is 0 Å². The average molecular weight is 558 g/mol. The molecule has 0 aliphatic heterocycles. The van der Waals surface area contributed by atoms with E-state index in [0.717, 1.165) is 40.3 Å². The van der Waals surface area contributed by atoms with Crippen molar-refractivity contribution in [1.82, 2.24) is 14.5 Å². The highest BCUT2D eigenvalue weighted by atomic mass is 35.5. The van der Waals surface area contributed by atoms with E-state index >= 15 is 0 Å². The van der Waals surface area contributed by atoms with Crippen molar-refractivity contribution in [3.63, 3.8) is 0 Å². The van der Waals surface area contributed by atoms with E-state index in [0.29, 0.717) is 33.7 Å². The maximum Gasteiger partial charge on any atom is 0.339 e. The molecule has 0 bridgehead atoms. The molecule has 0 spiro atoms. The van der Waals surface area contributed by atoms with Crippen LogP contribution in [0, 0.1) is 0 Å². The maximum atomic E-state index is 11.6. The minimum Gasteiger partial charge on any atom is -0.465 e. The molecule has 0 amide bonds.